The van der Waals surface area contributed by atoms with Gasteiger partial charge in [0.05, 0.1) is 5.69 Å². The Hall–Kier alpha value is -1.77. The van der Waals surface area contributed by atoms with Crippen molar-refractivity contribution in [3.63, 3.8) is 0 Å². The first-order valence-corrected chi connectivity index (χ1v) is 5.23. The normalized spacial score (nSPS) is 14.1. The van der Waals surface area contributed by atoms with Crippen molar-refractivity contribution >= 4 is 0 Å². The van der Waals surface area contributed by atoms with Gasteiger partial charge in [0.1, 0.15) is 0 Å². The highest BCUT2D eigenvalue weighted by molar-refractivity contribution is 5.31. The average molecular weight is 200 g/mol. The summed E-state index contributed by atoms with van der Waals surface area (Å²) in [6, 6.07) is 11.6. The maximum atomic E-state index is 11.8. The van der Waals surface area contributed by atoms with E-state index in [0.717, 1.165) is 30.8 Å². The molecule has 0 saturated carbocycles. The van der Waals surface area contributed by atoms with Gasteiger partial charge in [0.25, 0.3) is 5.56 Å². The minimum atomic E-state index is 0.0795. The maximum absolute atomic E-state index is 11.8. The molecule has 0 amide bonds. The zero-order valence-corrected chi connectivity index (χ0v) is 8.39. The van der Waals surface area contributed by atoms with Gasteiger partial charge < -0.3 is 0 Å². The van der Waals surface area contributed by atoms with Gasteiger partial charge in [-0.1, -0.05) is 18.2 Å². The summed E-state index contributed by atoms with van der Waals surface area (Å²) in [5.41, 5.74) is 2.19. The summed E-state index contributed by atoms with van der Waals surface area (Å²) < 4.78 is 3.85. The molecule has 1 aliphatic heterocycles. The maximum Gasteiger partial charge on any atom is 0.271 e. The van der Waals surface area contributed by atoms with E-state index < -0.39 is 0 Å². The van der Waals surface area contributed by atoms with Crippen molar-refractivity contribution in [1.29, 1.82) is 0 Å². The van der Waals surface area contributed by atoms with Crippen LogP contribution in [0.1, 0.15) is 12.1 Å². The fourth-order valence-electron chi connectivity index (χ4n) is 2.22. The van der Waals surface area contributed by atoms with Crippen LogP contribution in [-0.4, -0.2) is 9.36 Å². The van der Waals surface area contributed by atoms with E-state index in [4.69, 9.17) is 0 Å². The minimum absolute atomic E-state index is 0.0795. The Kier molecular flexibility index (Phi) is 1.78. The second-order valence-corrected chi connectivity index (χ2v) is 3.85. The van der Waals surface area contributed by atoms with E-state index in [2.05, 4.69) is 4.68 Å². The Balaban J connectivity index is 2.25. The third-order valence-electron chi connectivity index (χ3n) is 2.88. The highest BCUT2D eigenvalue weighted by Gasteiger charge is 2.16. The summed E-state index contributed by atoms with van der Waals surface area (Å²) in [4.78, 5) is 11.8. The topological polar surface area (TPSA) is 26.9 Å². The highest BCUT2D eigenvalue weighted by atomic mass is 16.1. The number of nitrogens with zero attached hydrogens (tertiary/aromatic N) is 2. The molecule has 0 aliphatic carbocycles. The summed E-state index contributed by atoms with van der Waals surface area (Å²) in [6.45, 7) is 0.951. The first kappa shape index (κ1) is 8.53. The summed E-state index contributed by atoms with van der Waals surface area (Å²) in [5, 5.41) is 0. The van der Waals surface area contributed by atoms with Gasteiger partial charge >= 0.3 is 0 Å². The number of fused-ring (bicyclic) bond motifs is 1. The Morgan fingerprint density at radius 3 is 2.73 bits per heavy atom. The Labute approximate surface area is 87.6 Å². The first-order chi connectivity index (χ1) is 7.36. The molecule has 3 rings (SSSR count). The third kappa shape index (κ3) is 1.23. The fraction of sp³-hybridized carbons (Fsp3) is 0.250. The molecule has 0 atom stereocenters. The van der Waals surface area contributed by atoms with E-state index in [-0.39, 0.29) is 5.56 Å². The van der Waals surface area contributed by atoms with Gasteiger partial charge in [0, 0.05) is 18.3 Å². The van der Waals surface area contributed by atoms with Crippen molar-refractivity contribution in [3.8, 4) is 5.69 Å². The molecule has 0 saturated heterocycles. The van der Waals surface area contributed by atoms with E-state index in [1.54, 1.807) is 10.7 Å². The second-order valence-electron chi connectivity index (χ2n) is 3.85. The molecule has 0 bridgehead atoms. The number of hydrogen-bond donors (Lipinski definition) is 0. The molecule has 0 radical (unpaired) electrons. The predicted molar refractivity (Wildman–Crippen MR) is 58.4 cm³/mol. The molecule has 0 unspecified atom stereocenters. The number of benzene rings is 1. The van der Waals surface area contributed by atoms with E-state index in [1.807, 2.05) is 30.3 Å². The van der Waals surface area contributed by atoms with Crippen LogP contribution < -0.4 is 5.56 Å². The van der Waals surface area contributed by atoms with Gasteiger partial charge in [-0.3, -0.25) is 9.48 Å². The number of rotatable bonds is 1. The Bertz CT molecular complexity index is 536. The lowest BCUT2D eigenvalue weighted by atomic mass is 10.3. The van der Waals surface area contributed by atoms with Crippen LogP contribution in [0.5, 0.6) is 0 Å². The number of hydrogen-bond acceptors (Lipinski definition) is 1. The Morgan fingerprint density at radius 1 is 1.13 bits per heavy atom. The van der Waals surface area contributed by atoms with Crippen LogP contribution in [0, 0.1) is 0 Å². The molecular formula is C12H12N2O. The van der Waals surface area contributed by atoms with E-state index in [9.17, 15) is 4.79 Å². The van der Waals surface area contributed by atoms with Gasteiger partial charge in [-0.25, -0.2) is 4.68 Å². The molecule has 3 nitrogen and oxygen atoms in total. The van der Waals surface area contributed by atoms with Crippen LogP contribution in [0.15, 0.2) is 41.2 Å². The quantitative estimate of drug-likeness (QED) is 0.686. The minimum Gasteiger partial charge on any atom is -0.282 e. The second kappa shape index (κ2) is 3.12. The van der Waals surface area contributed by atoms with Crippen molar-refractivity contribution in [2.24, 2.45) is 0 Å². The molecule has 1 aromatic heterocycles. The standard InChI is InChI=1S/C12H12N2O/c15-12-9-11-7-4-8-13(11)14(12)10-5-2-1-3-6-10/h1-3,5-6,9H,4,7-8H2. The lowest BCUT2D eigenvalue weighted by Gasteiger charge is -2.08. The molecule has 15 heavy (non-hydrogen) atoms. The van der Waals surface area contributed by atoms with E-state index in [1.165, 1.54) is 0 Å². The van der Waals surface area contributed by atoms with Gasteiger partial charge in [0.15, 0.2) is 0 Å². The molecule has 1 aromatic carbocycles. The molecule has 1 aliphatic rings. The molecule has 3 heteroatoms. The van der Waals surface area contributed by atoms with Crippen LogP contribution in [-0.2, 0) is 13.0 Å². The molecule has 2 heterocycles. The fourth-order valence-corrected chi connectivity index (χ4v) is 2.22. The number of aryl methyl sites for hydroxylation is 1. The van der Waals surface area contributed by atoms with Crippen molar-refractivity contribution in [2.75, 3.05) is 0 Å². The summed E-state index contributed by atoms with van der Waals surface area (Å²) in [7, 11) is 0. The zero-order valence-electron chi connectivity index (χ0n) is 8.39. The lowest BCUT2D eigenvalue weighted by molar-refractivity contribution is 0.575. The van der Waals surface area contributed by atoms with Crippen molar-refractivity contribution in [1.82, 2.24) is 9.36 Å². The van der Waals surface area contributed by atoms with E-state index >= 15 is 0 Å². The van der Waals surface area contributed by atoms with Crippen molar-refractivity contribution in [2.45, 2.75) is 19.4 Å². The van der Waals surface area contributed by atoms with Crippen molar-refractivity contribution in [3.05, 3.63) is 52.4 Å². The van der Waals surface area contributed by atoms with Gasteiger partial charge in [-0.05, 0) is 25.0 Å². The molecule has 0 spiro atoms. The summed E-state index contributed by atoms with van der Waals surface area (Å²) in [6.07, 6.45) is 2.16. The van der Waals surface area contributed by atoms with Crippen molar-refractivity contribution < 1.29 is 0 Å². The lowest BCUT2D eigenvalue weighted by Crippen LogP contribution is -2.20. The van der Waals surface area contributed by atoms with Gasteiger partial charge in [-0.2, -0.15) is 0 Å². The van der Waals surface area contributed by atoms with Crippen LogP contribution in [0.2, 0.25) is 0 Å². The number of aromatic nitrogens is 2. The third-order valence-corrected chi connectivity index (χ3v) is 2.88. The van der Waals surface area contributed by atoms with Gasteiger partial charge in [0.2, 0.25) is 0 Å². The van der Waals surface area contributed by atoms with Crippen LogP contribution in [0.4, 0.5) is 0 Å². The Morgan fingerprint density at radius 2 is 1.93 bits per heavy atom. The zero-order chi connectivity index (χ0) is 10.3. The first-order valence-electron chi connectivity index (χ1n) is 5.23. The van der Waals surface area contributed by atoms with Crippen LogP contribution >= 0.6 is 0 Å². The van der Waals surface area contributed by atoms with Gasteiger partial charge in [-0.15, -0.1) is 0 Å². The SMILES string of the molecule is O=c1cc2n(n1-c1ccccc1)CCC2. The predicted octanol–water partition coefficient (Wildman–Crippen LogP) is 1.59. The summed E-state index contributed by atoms with van der Waals surface area (Å²) >= 11 is 0. The molecule has 0 fully saturated rings. The van der Waals surface area contributed by atoms with Crippen LogP contribution in [0.3, 0.4) is 0 Å². The monoisotopic (exact) mass is 200 g/mol. The highest BCUT2D eigenvalue weighted by Crippen LogP contribution is 2.15. The molecule has 76 valence electrons. The van der Waals surface area contributed by atoms with E-state index in [0.29, 0.717) is 0 Å². The summed E-state index contributed by atoms with van der Waals surface area (Å²) in [5.74, 6) is 0. The molecule has 2 aromatic rings. The number of para-hydroxylation sites is 1. The molecular weight excluding hydrogens is 188 g/mol. The smallest absolute Gasteiger partial charge is 0.271 e. The van der Waals surface area contributed by atoms with Crippen LogP contribution in [0.25, 0.3) is 5.69 Å². The largest absolute Gasteiger partial charge is 0.282 e. The average Bonchev–Trinajstić information content (AvgIpc) is 2.78. The molecule has 0 N–H and O–H groups in total.